The number of aromatic nitrogens is 1. The van der Waals surface area contributed by atoms with Crippen LogP contribution in [0.3, 0.4) is 0 Å². The number of nitrogens with zero attached hydrogens (tertiary/aromatic N) is 1. The van der Waals surface area contributed by atoms with E-state index in [4.69, 9.17) is 28.2 Å². The number of pyridine rings is 1. The van der Waals surface area contributed by atoms with E-state index in [1.54, 1.807) is 0 Å². The third-order valence-electron chi connectivity index (χ3n) is 3.49. The van der Waals surface area contributed by atoms with Gasteiger partial charge in [0.15, 0.2) is 0 Å². The molecule has 0 saturated heterocycles. The van der Waals surface area contributed by atoms with E-state index in [1.165, 1.54) is 0 Å². The minimum absolute atomic E-state index is 0.612. The summed E-state index contributed by atoms with van der Waals surface area (Å²) in [5, 5.41) is 5.36. The van der Waals surface area contributed by atoms with Gasteiger partial charge in [-0.2, -0.15) is 0 Å². The number of benzene rings is 2. The maximum atomic E-state index is 6.44. The van der Waals surface area contributed by atoms with Crippen LogP contribution in [0.2, 0.25) is 10.0 Å². The molecular weight excluding hydrogens is 303 g/mol. The average molecular weight is 317 g/mol. The van der Waals surface area contributed by atoms with Crippen molar-refractivity contribution in [2.24, 2.45) is 0 Å². The number of fused-ring (bicyclic) bond motifs is 1. The largest absolute Gasteiger partial charge is 0.387 e. The predicted octanol–water partition coefficient (Wildman–Crippen LogP) is 5.56. The van der Waals surface area contributed by atoms with Crippen molar-refractivity contribution < 1.29 is 0 Å². The minimum atomic E-state index is 0.612. The summed E-state index contributed by atoms with van der Waals surface area (Å²) in [5.41, 5.74) is 4.50. The van der Waals surface area contributed by atoms with Crippen molar-refractivity contribution in [2.45, 2.75) is 6.92 Å². The van der Waals surface area contributed by atoms with Gasteiger partial charge < -0.3 is 5.32 Å². The Balaban J connectivity index is 2.38. The van der Waals surface area contributed by atoms with Crippen LogP contribution in [0.5, 0.6) is 0 Å². The lowest BCUT2D eigenvalue weighted by atomic mass is 10.1. The molecule has 0 saturated carbocycles. The molecule has 0 unspecified atom stereocenters. The normalized spacial score (nSPS) is 10.9. The van der Waals surface area contributed by atoms with Crippen molar-refractivity contribution in [1.82, 2.24) is 4.98 Å². The van der Waals surface area contributed by atoms with Gasteiger partial charge >= 0.3 is 0 Å². The second-order valence-electron chi connectivity index (χ2n) is 4.88. The number of anilines is 1. The van der Waals surface area contributed by atoms with Crippen LogP contribution in [0.25, 0.3) is 22.2 Å². The first-order chi connectivity index (χ1) is 10.1. The van der Waals surface area contributed by atoms with E-state index in [2.05, 4.69) is 5.32 Å². The molecule has 1 N–H and O–H groups in total. The first kappa shape index (κ1) is 14.2. The van der Waals surface area contributed by atoms with Gasteiger partial charge in [-0.1, -0.05) is 53.5 Å². The summed E-state index contributed by atoms with van der Waals surface area (Å²) in [6.07, 6.45) is 0. The number of hydrogen-bond donors (Lipinski definition) is 1. The summed E-state index contributed by atoms with van der Waals surface area (Å²) >= 11 is 12.8. The number of rotatable bonds is 2. The molecule has 2 nitrogen and oxygen atoms in total. The number of halogens is 2. The fraction of sp³-hybridized carbons (Fsp3) is 0.118. The van der Waals surface area contributed by atoms with Crippen molar-refractivity contribution in [3.63, 3.8) is 0 Å². The van der Waals surface area contributed by atoms with Crippen LogP contribution in [0.4, 0.5) is 5.69 Å². The van der Waals surface area contributed by atoms with Gasteiger partial charge in [-0.25, -0.2) is 4.98 Å². The van der Waals surface area contributed by atoms with Crippen molar-refractivity contribution in [3.8, 4) is 11.3 Å². The van der Waals surface area contributed by atoms with Crippen LogP contribution in [-0.4, -0.2) is 12.0 Å². The summed E-state index contributed by atoms with van der Waals surface area (Å²) in [7, 11) is 1.87. The van der Waals surface area contributed by atoms with Crippen LogP contribution in [0, 0.1) is 6.92 Å². The molecule has 0 fully saturated rings. The van der Waals surface area contributed by atoms with E-state index < -0.39 is 0 Å². The molecule has 21 heavy (non-hydrogen) atoms. The molecule has 0 aliphatic carbocycles. The number of aryl methyl sites for hydroxylation is 1. The monoisotopic (exact) mass is 316 g/mol. The van der Waals surface area contributed by atoms with Crippen LogP contribution in [0.1, 0.15) is 5.56 Å². The third kappa shape index (κ3) is 2.45. The van der Waals surface area contributed by atoms with Gasteiger partial charge in [-0.05, 0) is 24.6 Å². The van der Waals surface area contributed by atoms with Crippen molar-refractivity contribution in [1.29, 1.82) is 0 Å². The molecule has 0 radical (unpaired) electrons. The van der Waals surface area contributed by atoms with Crippen LogP contribution in [0.15, 0.2) is 42.5 Å². The molecule has 3 rings (SSSR count). The lowest BCUT2D eigenvalue weighted by Gasteiger charge is -2.13. The van der Waals surface area contributed by atoms with Gasteiger partial charge in [0, 0.05) is 23.7 Å². The second kappa shape index (κ2) is 5.55. The fourth-order valence-electron chi connectivity index (χ4n) is 2.41. The van der Waals surface area contributed by atoms with Gasteiger partial charge in [0.2, 0.25) is 0 Å². The van der Waals surface area contributed by atoms with E-state index in [9.17, 15) is 0 Å². The topological polar surface area (TPSA) is 24.9 Å². The predicted molar refractivity (Wildman–Crippen MR) is 91.5 cm³/mol. The molecule has 1 heterocycles. The van der Waals surface area contributed by atoms with E-state index >= 15 is 0 Å². The van der Waals surface area contributed by atoms with Crippen LogP contribution in [-0.2, 0) is 0 Å². The SMILES string of the molecule is CNc1cc(-c2ccccc2)nc2c(Cl)cc(C)c(Cl)c12. The molecule has 0 aliphatic rings. The molecule has 106 valence electrons. The van der Waals surface area contributed by atoms with E-state index in [0.29, 0.717) is 10.0 Å². The van der Waals surface area contributed by atoms with Gasteiger partial charge in [-0.15, -0.1) is 0 Å². The summed E-state index contributed by atoms with van der Waals surface area (Å²) in [5.74, 6) is 0. The van der Waals surface area contributed by atoms with Crippen LogP contribution >= 0.6 is 23.2 Å². The van der Waals surface area contributed by atoms with Gasteiger partial charge in [0.25, 0.3) is 0 Å². The third-order valence-corrected chi connectivity index (χ3v) is 4.27. The lowest BCUT2D eigenvalue weighted by Crippen LogP contribution is -1.96. The zero-order valence-corrected chi connectivity index (χ0v) is 13.3. The Labute approximate surface area is 133 Å². The smallest absolute Gasteiger partial charge is 0.0931 e. The summed E-state index contributed by atoms with van der Waals surface area (Å²) in [6, 6.07) is 13.9. The Morgan fingerprint density at radius 2 is 1.76 bits per heavy atom. The Hall–Kier alpha value is -1.77. The first-order valence-corrected chi connectivity index (χ1v) is 7.40. The van der Waals surface area contributed by atoms with Gasteiger partial charge in [0.05, 0.1) is 21.3 Å². The van der Waals surface area contributed by atoms with E-state index in [1.807, 2.05) is 56.4 Å². The zero-order valence-electron chi connectivity index (χ0n) is 11.7. The summed E-state index contributed by atoms with van der Waals surface area (Å²) < 4.78 is 0. The summed E-state index contributed by atoms with van der Waals surface area (Å²) in [4.78, 5) is 4.70. The highest BCUT2D eigenvalue weighted by molar-refractivity contribution is 6.41. The molecule has 3 aromatic rings. The standard InChI is InChI=1S/C17H14Cl2N2/c1-10-8-12(18)17-15(16(10)19)14(20-2)9-13(21-17)11-6-4-3-5-7-11/h3-9H,1-2H3,(H,20,21). The van der Waals surface area contributed by atoms with Crippen molar-refractivity contribution >= 4 is 39.8 Å². The number of hydrogen-bond acceptors (Lipinski definition) is 2. The van der Waals surface area contributed by atoms with Gasteiger partial charge in [-0.3, -0.25) is 0 Å². The van der Waals surface area contributed by atoms with E-state index in [-0.39, 0.29) is 0 Å². The average Bonchev–Trinajstić information content (AvgIpc) is 2.52. The van der Waals surface area contributed by atoms with Crippen molar-refractivity contribution in [2.75, 3.05) is 12.4 Å². The van der Waals surface area contributed by atoms with Gasteiger partial charge in [0.1, 0.15) is 0 Å². The molecule has 0 atom stereocenters. The molecule has 4 heteroatoms. The lowest BCUT2D eigenvalue weighted by molar-refractivity contribution is 1.37. The molecule has 0 amide bonds. The molecule has 0 aliphatic heterocycles. The zero-order chi connectivity index (χ0) is 15.0. The molecule has 2 aromatic carbocycles. The molecule has 1 aromatic heterocycles. The summed E-state index contributed by atoms with van der Waals surface area (Å²) in [6.45, 7) is 1.94. The number of nitrogens with one attached hydrogen (secondary N) is 1. The fourth-order valence-corrected chi connectivity index (χ4v) is 2.96. The Morgan fingerprint density at radius 3 is 2.43 bits per heavy atom. The molecule has 0 spiro atoms. The maximum Gasteiger partial charge on any atom is 0.0931 e. The Bertz CT molecular complexity index is 814. The first-order valence-electron chi connectivity index (χ1n) is 6.64. The highest BCUT2D eigenvalue weighted by Gasteiger charge is 2.14. The highest BCUT2D eigenvalue weighted by atomic mass is 35.5. The quantitative estimate of drug-likeness (QED) is 0.669. The Kier molecular flexibility index (Phi) is 3.75. The highest BCUT2D eigenvalue weighted by Crippen LogP contribution is 2.38. The van der Waals surface area contributed by atoms with Crippen molar-refractivity contribution in [3.05, 3.63) is 58.1 Å². The van der Waals surface area contributed by atoms with E-state index in [0.717, 1.165) is 33.4 Å². The Morgan fingerprint density at radius 1 is 1.05 bits per heavy atom. The second-order valence-corrected chi connectivity index (χ2v) is 5.67. The molecule has 0 bridgehead atoms. The van der Waals surface area contributed by atoms with Crippen LogP contribution < -0.4 is 5.32 Å². The maximum absolute atomic E-state index is 6.44. The minimum Gasteiger partial charge on any atom is -0.387 e. The molecular formula is C17H14Cl2N2.